The molecule has 1 amide bonds. The Hall–Kier alpha value is -1.65. The van der Waals surface area contributed by atoms with Gasteiger partial charge in [0, 0.05) is 17.0 Å². The summed E-state index contributed by atoms with van der Waals surface area (Å²) < 4.78 is 2.92. The molecule has 1 N–H and O–H groups in total. The van der Waals surface area contributed by atoms with Gasteiger partial charge in [0.25, 0.3) is 0 Å². The molecule has 0 aliphatic rings. The van der Waals surface area contributed by atoms with Gasteiger partial charge in [-0.1, -0.05) is 0 Å². The summed E-state index contributed by atoms with van der Waals surface area (Å²) in [6.45, 7) is 5.11. The summed E-state index contributed by atoms with van der Waals surface area (Å²) in [7, 11) is 0. The lowest BCUT2D eigenvalue weighted by molar-refractivity contribution is -0.121. The molecule has 0 saturated carbocycles. The number of nitrogens with one attached hydrogen (secondary N) is 1. The molecule has 0 fully saturated rings. The second-order valence-electron chi connectivity index (χ2n) is 5.26. The van der Waals surface area contributed by atoms with Crippen molar-refractivity contribution in [1.82, 2.24) is 15.1 Å². The molecule has 2 heterocycles. The largest absolute Gasteiger partial charge is 0.351 e. The molecule has 23 heavy (non-hydrogen) atoms. The summed E-state index contributed by atoms with van der Waals surface area (Å²) in [6.07, 6.45) is 1.56. The van der Waals surface area contributed by atoms with Crippen molar-refractivity contribution in [2.75, 3.05) is 0 Å². The Morgan fingerprint density at radius 3 is 2.91 bits per heavy atom. The van der Waals surface area contributed by atoms with E-state index in [-0.39, 0.29) is 5.91 Å². The predicted octanol–water partition coefficient (Wildman–Crippen LogP) is 3.49. The number of carbonyl (C=O) groups excluding carboxylic acids is 1. The lowest BCUT2D eigenvalue weighted by atomic mass is 10.1. The molecule has 0 aliphatic carbocycles. The number of thiophene rings is 1. The molecule has 0 aromatic carbocycles. The van der Waals surface area contributed by atoms with E-state index in [4.69, 9.17) is 5.26 Å². The predicted molar refractivity (Wildman–Crippen MR) is 94.1 cm³/mol. The van der Waals surface area contributed by atoms with E-state index in [0.29, 0.717) is 32.4 Å². The number of hydrogen-bond acceptors (Lipinski definition) is 4. The van der Waals surface area contributed by atoms with Gasteiger partial charge in [-0.3, -0.25) is 9.48 Å². The highest BCUT2D eigenvalue weighted by Crippen LogP contribution is 2.21. The molecule has 0 radical (unpaired) electrons. The van der Waals surface area contributed by atoms with Crippen molar-refractivity contribution < 1.29 is 4.79 Å². The maximum absolute atomic E-state index is 12.0. The summed E-state index contributed by atoms with van der Waals surface area (Å²) in [4.78, 5) is 13.1. The molecule has 0 aliphatic heterocycles. The average Bonchev–Trinajstić information content (AvgIpc) is 3.05. The summed E-state index contributed by atoms with van der Waals surface area (Å²) in [6, 6.07) is 6.11. The summed E-state index contributed by atoms with van der Waals surface area (Å²) in [5.41, 5.74) is 3.10. The van der Waals surface area contributed by atoms with Crippen LogP contribution in [0.5, 0.6) is 0 Å². The summed E-state index contributed by atoms with van der Waals surface area (Å²) >= 11 is 5.04. The molecular weight excluding hydrogens is 376 g/mol. The van der Waals surface area contributed by atoms with Crippen molar-refractivity contribution in [3.63, 3.8) is 0 Å². The van der Waals surface area contributed by atoms with Crippen molar-refractivity contribution >= 4 is 33.2 Å². The molecule has 0 saturated heterocycles. The molecule has 0 atom stereocenters. The lowest BCUT2D eigenvalue weighted by Gasteiger charge is -2.05. The van der Waals surface area contributed by atoms with Crippen LogP contribution < -0.4 is 5.32 Å². The standard InChI is InChI=1S/C16H19BrN4OS/c1-11-14(12(2)21(20-11)9-3-8-18)5-7-16(22)19-10-13-4-6-15(17)23-13/h4,6H,3,5,7,9-10H2,1-2H3,(H,19,22). The van der Waals surface area contributed by atoms with Gasteiger partial charge in [-0.05, 0) is 53.9 Å². The molecule has 122 valence electrons. The molecule has 2 aromatic heterocycles. The Morgan fingerprint density at radius 2 is 2.26 bits per heavy atom. The molecular formula is C16H19BrN4OS. The highest BCUT2D eigenvalue weighted by atomic mass is 79.9. The Balaban J connectivity index is 1.86. The van der Waals surface area contributed by atoms with Gasteiger partial charge < -0.3 is 5.32 Å². The topological polar surface area (TPSA) is 70.7 Å². The Morgan fingerprint density at radius 1 is 1.48 bits per heavy atom. The van der Waals surface area contributed by atoms with Gasteiger partial charge >= 0.3 is 0 Å². The van der Waals surface area contributed by atoms with E-state index in [0.717, 1.165) is 25.6 Å². The molecule has 0 spiro atoms. The molecule has 2 aromatic rings. The lowest BCUT2D eigenvalue weighted by Crippen LogP contribution is -2.22. The van der Waals surface area contributed by atoms with Crippen LogP contribution in [0.2, 0.25) is 0 Å². The van der Waals surface area contributed by atoms with Gasteiger partial charge in [0.05, 0.1) is 35.1 Å². The number of halogens is 1. The number of amides is 1. The summed E-state index contributed by atoms with van der Waals surface area (Å²) in [5.74, 6) is 0.0399. The number of nitriles is 1. The molecule has 0 unspecified atom stereocenters. The Bertz CT molecular complexity index is 729. The smallest absolute Gasteiger partial charge is 0.220 e. The number of rotatable bonds is 7. The zero-order chi connectivity index (χ0) is 16.8. The van der Waals surface area contributed by atoms with Gasteiger partial charge in [-0.2, -0.15) is 10.4 Å². The number of nitrogens with zero attached hydrogens (tertiary/aromatic N) is 3. The first-order chi connectivity index (χ1) is 11.0. The third-order valence-corrected chi connectivity index (χ3v) is 5.28. The number of hydrogen-bond donors (Lipinski definition) is 1. The van der Waals surface area contributed by atoms with Gasteiger partial charge in [0.1, 0.15) is 0 Å². The van der Waals surface area contributed by atoms with E-state index in [9.17, 15) is 4.79 Å². The minimum absolute atomic E-state index is 0.0399. The van der Waals surface area contributed by atoms with Crippen LogP contribution in [0.25, 0.3) is 0 Å². The molecule has 0 bridgehead atoms. The van der Waals surface area contributed by atoms with Gasteiger partial charge in [0.2, 0.25) is 5.91 Å². The third-order valence-electron chi connectivity index (χ3n) is 3.66. The van der Waals surface area contributed by atoms with Crippen molar-refractivity contribution in [2.45, 2.75) is 46.2 Å². The number of carbonyl (C=O) groups is 1. The van der Waals surface area contributed by atoms with Crippen LogP contribution in [0.1, 0.15) is 34.7 Å². The van der Waals surface area contributed by atoms with E-state index in [1.807, 2.05) is 30.7 Å². The quantitative estimate of drug-likeness (QED) is 0.780. The van der Waals surface area contributed by atoms with Crippen molar-refractivity contribution in [3.8, 4) is 6.07 Å². The van der Waals surface area contributed by atoms with Crippen LogP contribution in [-0.4, -0.2) is 15.7 Å². The van der Waals surface area contributed by atoms with Gasteiger partial charge in [-0.15, -0.1) is 11.3 Å². The van der Waals surface area contributed by atoms with Crippen LogP contribution in [0.3, 0.4) is 0 Å². The second-order valence-corrected chi connectivity index (χ2v) is 7.81. The van der Waals surface area contributed by atoms with Crippen LogP contribution in [0.4, 0.5) is 0 Å². The SMILES string of the molecule is Cc1nn(CCC#N)c(C)c1CCC(=O)NCc1ccc(Br)s1. The van der Waals surface area contributed by atoms with Gasteiger partial charge in [-0.25, -0.2) is 0 Å². The van der Waals surface area contributed by atoms with E-state index < -0.39 is 0 Å². The Labute approximate surface area is 148 Å². The van der Waals surface area contributed by atoms with E-state index in [1.54, 1.807) is 11.3 Å². The van der Waals surface area contributed by atoms with Crippen molar-refractivity contribution in [3.05, 3.63) is 37.7 Å². The first-order valence-corrected chi connectivity index (χ1v) is 9.03. The third kappa shape index (κ3) is 4.91. The number of aromatic nitrogens is 2. The fourth-order valence-corrected chi connectivity index (χ4v) is 3.85. The summed E-state index contributed by atoms with van der Waals surface area (Å²) in [5, 5.41) is 16.1. The number of aryl methyl sites for hydroxylation is 2. The van der Waals surface area contributed by atoms with Crippen LogP contribution in [0.15, 0.2) is 15.9 Å². The first kappa shape index (κ1) is 17.7. The maximum atomic E-state index is 12.0. The molecule has 2 rings (SSSR count). The fraction of sp³-hybridized carbons (Fsp3) is 0.438. The Kier molecular flexibility index (Phi) is 6.37. The highest BCUT2D eigenvalue weighted by Gasteiger charge is 2.13. The molecule has 5 nitrogen and oxygen atoms in total. The first-order valence-electron chi connectivity index (χ1n) is 7.42. The van der Waals surface area contributed by atoms with E-state index in [2.05, 4.69) is 32.4 Å². The second kappa shape index (κ2) is 8.27. The van der Waals surface area contributed by atoms with Crippen LogP contribution >= 0.6 is 27.3 Å². The normalized spacial score (nSPS) is 10.5. The minimum atomic E-state index is 0.0399. The fourth-order valence-electron chi connectivity index (χ4n) is 2.43. The average molecular weight is 395 g/mol. The highest BCUT2D eigenvalue weighted by molar-refractivity contribution is 9.11. The van der Waals surface area contributed by atoms with E-state index >= 15 is 0 Å². The van der Waals surface area contributed by atoms with Gasteiger partial charge in [0.15, 0.2) is 0 Å². The monoisotopic (exact) mass is 394 g/mol. The zero-order valence-electron chi connectivity index (χ0n) is 13.2. The van der Waals surface area contributed by atoms with Crippen molar-refractivity contribution in [1.29, 1.82) is 5.26 Å². The minimum Gasteiger partial charge on any atom is -0.351 e. The maximum Gasteiger partial charge on any atom is 0.220 e. The molecule has 7 heteroatoms. The zero-order valence-corrected chi connectivity index (χ0v) is 15.6. The van der Waals surface area contributed by atoms with Crippen LogP contribution in [0, 0.1) is 25.2 Å². The van der Waals surface area contributed by atoms with E-state index in [1.165, 1.54) is 0 Å². The van der Waals surface area contributed by atoms with Crippen LogP contribution in [-0.2, 0) is 24.3 Å². The van der Waals surface area contributed by atoms with Crippen molar-refractivity contribution in [2.24, 2.45) is 0 Å².